The summed E-state index contributed by atoms with van der Waals surface area (Å²) in [4.78, 5) is 21.2. The molecule has 0 fully saturated rings. The number of nitrogens with one attached hydrogen (secondary N) is 2. The van der Waals surface area contributed by atoms with E-state index in [2.05, 4.69) is 22.2 Å². The fraction of sp³-hybridized carbons (Fsp3) is 0.733. The maximum Gasteiger partial charge on any atom is 0.223 e. The van der Waals surface area contributed by atoms with Gasteiger partial charge in [-0.2, -0.15) is 0 Å². The van der Waals surface area contributed by atoms with Gasteiger partial charge in [0, 0.05) is 39.0 Å². The Kier molecular flexibility index (Phi) is 8.38. The number of amides is 1. The zero-order chi connectivity index (χ0) is 15.7. The van der Waals surface area contributed by atoms with Crippen LogP contribution in [-0.2, 0) is 17.8 Å². The SMILES string of the molecule is CCCCc1nc(Cl)c(CNCCC(=O)N(CC)CC)[nH]1. The van der Waals surface area contributed by atoms with Crippen LogP contribution in [0.3, 0.4) is 0 Å². The number of H-pyrrole nitrogens is 1. The van der Waals surface area contributed by atoms with Crippen molar-refractivity contribution in [3.05, 3.63) is 16.7 Å². The molecule has 0 unspecified atom stereocenters. The molecular formula is C15H27ClN4O. The van der Waals surface area contributed by atoms with Gasteiger partial charge in [-0.05, 0) is 20.3 Å². The van der Waals surface area contributed by atoms with Gasteiger partial charge in [-0.1, -0.05) is 24.9 Å². The van der Waals surface area contributed by atoms with E-state index < -0.39 is 0 Å². The molecule has 0 aliphatic rings. The summed E-state index contributed by atoms with van der Waals surface area (Å²) in [6.07, 6.45) is 3.68. The molecule has 0 saturated heterocycles. The topological polar surface area (TPSA) is 61.0 Å². The molecule has 1 heterocycles. The highest BCUT2D eigenvalue weighted by molar-refractivity contribution is 6.30. The standard InChI is InChI=1S/C15H27ClN4O/c1-4-7-8-13-18-12(15(16)19-13)11-17-10-9-14(21)20(5-2)6-3/h17H,4-11H2,1-3H3,(H,18,19). The van der Waals surface area contributed by atoms with Crippen LogP contribution in [0.15, 0.2) is 0 Å². The highest BCUT2D eigenvalue weighted by atomic mass is 35.5. The van der Waals surface area contributed by atoms with E-state index in [0.29, 0.717) is 24.7 Å². The van der Waals surface area contributed by atoms with Crippen molar-refractivity contribution in [2.45, 2.75) is 53.0 Å². The average Bonchev–Trinajstić information content (AvgIpc) is 2.83. The van der Waals surface area contributed by atoms with Crippen molar-refractivity contribution in [2.75, 3.05) is 19.6 Å². The molecule has 1 amide bonds. The van der Waals surface area contributed by atoms with Crippen LogP contribution in [0, 0.1) is 0 Å². The normalized spacial score (nSPS) is 10.9. The summed E-state index contributed by atoms with van der Waals surface area (Å²) in [5.41, 5.74) is 0.901. The van der Waals surface area contributed by atoms with Gasteiger partial charge < -0.3 is 15.2 Å². The average molecular weight is 315 g/mol. The number of carbonyl (C=O) groups is 1. The Balaban J connectivity index is 2.32. The molecule has 120 valence electrons. The Morgan fingerprint density at radius 2 is 2.05 bits per heavy atom. The molecule has 0 aliphatic heterocycles. The third kappa shape index (κ3) is 6.06. The number of halogens is 1. The lowest BCUT2D eigenvalue weighted by Gasteiger charge is -2.18. The number of rotatable bonds is 10. The van der Waals surface area contributed by atoms with Crippen LogP contribution >= 0.6 is 11.6 Å². The summed E-state index contributed by atoms with van der Waals surface area (Å²) < 4.78 is 0. The number of carbonyl (C=O) groups excluding carboxylic acids is 1. The third-order valence-corrected chi connectivity index (χ3v) is 3.79. The third-order valence-electron chi connectivity index (χ3n) is 3.48. The second-order valence-corrected chi connectivity index (χ2v) is 5.41. The molecule has 21 heavy (non-hydrogen) atoms. The first kappa shape index (κ1) is 18.0. The smallest absolute Gasteiger partial charge is 0.223 e. The van der Waals surface area contributed by atoms with Crippen molar-refractivity contribution in [3.63, 3.8) is 0 Å². The van der Waals surface area contributed by atoms with Gasteiger partial charge in [0.1, 0.15) is 5.82 Å². The summed E-state index contributed by atoms with van der Waals surface area (Å²) in [6.45, 7) is 8.94. The number of nitrogens with zero attached hydrogens (tertiary/aromatic N) is 2. The van der Waals surface area contributed by atoms with E-state index >= 15 is 0 Å². The Hall–Kier alpha value is -1.07. The summed E-state index contributed by atoms with van der Waals surface area (Å²) in [5.74, 6) is 1.13. The lowest BCUT2D eigenvalue weighted by Crippen LogP contribution is -2.32. The van der Waals surface area contributed by atoms with Gasteiger partial charge in [0.15, 0.2) is 5.15 Å². The molecule has 6 heteroatoms. The molecule has 0 radical (unpaired) electrons. The van der Waals surface area contributed by atoms with Gasteiger partial charge in [-0.25, -0.2) is 4.98 Å². The first-order valence-electron chi connectivity index (χ1n) is 7.84. The van der Waals surface area contributed by atoms with Crippen molar-refractivity contribution in [2.24, 2.45) is 0 Å². The van der Waals surface area contributed by atoms with Gasteiger partial charge in [-0.3, -0.25) is 4.79 Å². The van der Waals surface area contributed by atoms with Crippen LogP contribution in [0.5, 0.6) is 0 Å². The van der Waals surface area contributed by atoms with Crippen molar-refractivity contribution < 1.29 is 4.79 Å². The lowest BCUT2D eigenvalue weighted by molar-refractivity contribution is -0.130. The van der Waals surface area contributed by atoms with Gasteiger partial charge in [-0.15, -0.1) is 0 Å². The van der Waals surface area contributed by atoms with Crippen LogP contribution in [0.25, 0.3) is 0 Å². The quantitative estimate of drug-likeness (QED) is 0.653. The predicted molar refractivity (Wildman–Crippen MR) is 86.5 cm³/mol. The molecule has 1 aromatic rings. The second-order valence-electron chi connectivity index (χ2n) is 5.05. The lowest BCUT2D eigenvalue weighted by atomic mass is 10.2. The zero-order valence-electron chi connectivity index (χ0n) is 13.3. The first-order chi connectivity index (χ1) is 10.1. The van der Waals surface area contributed by atoms with E-state index in [1.807, 2.05) is 18.7 Å². The number of unbranched alkanes of at least 4 members (excludes halogenated alkanes) is 1. The molecule has 5 nitrogen and oxygen atoms in total. The molecule has 2 N–H and O–H groups in total. The van der Waals surface area contributed by atoms with E-state index in [-0.39, 0.29) is 5.91 Å². The Morgan fingerprint density at radius 1 is 1.33 bits per heavy atom. The molecule has 0 bridgehead atoms. The van der Waals surface area contributed by atoms with Crippen LogP contribution in [0.2, 0.25) is 5.15 Å². The predicted octanol–water partition coefficient (Wildman–Crippen LogP) is 2.75. The Morgan fingerprint density at radius 3 is 2.67 bits per heavy atom. The van der Waals surface area contributed by atoms with Gasteiger partial charge in [0.2, 0.25) is 5.91 Å². The fourth-order valence-electron chi connectivity index (χ4n) is 2.16. The molecule has 0 spiro atoms. The van der Waals surface area contributed by atoms with Crippen LogP contribution < -0.4 is 5.32 Å². The molecule has 1 rings (SSSR count). The van der Waals surface area contributed by atoms with Crippen molar-refractivity contribution in [3.8, 4) is 0 Å². The van der Waals surface area contributed by atoms with E-state index in [0.717, 1.165) is 43.9 Å². The van der Waals surface area contributed by atoms with Crippen molar-refractivity contribution in [1.29, 1.82) is 0 Å². The maximum absolute atomic E-state index is 11.8. The first-order valence-corrected chi connectivity index (χ1v) is 8.21. The van der Waals surface area contributed by atoms with Gasteiger partial charge >= 0.3 is 0 Å². The molecule has 0 aliphatic carbocycles. The summed E-state index contributed by atoms with van der Waals surface area (Å²) in [7, 11) is 0. The number of hydrogen-bond acceptors (Lipinski definition) is 3. The zero-order valence-corrected chi connectivity index (χ0v) is 14.1. The molecule has 1 aromatic heterocycles. The maximum atomic E-state index is 11.8. The summed E-state index contributed by atoms with van der Waals surface area (Å²) in [6, 6.07) is 0. The van der Waals surface area contributed by atoms with Crippen LogP contribution in [-0.4, -0.2) is 40.4 Å². The number of aromatic nitrogens is 2. The number of aryl methyl sites for hydroxylation is 1. The van der Waals surface area contributed by atoms with Crippen LogP contribution in [0.1, 0.15) is 51.6 Å². The van der Waals surface area contributed by atoms with Gasteiger partial charge in [0.25, 0.3) is 0 Å². The molecule has 0 aromatic carbocycles. The molecule has 0 saturated carbocycles. The number of hydrogen-bond donors (Lipinski definition) is 2. The minimum absolute atomic E-state index is 0.187. The summed E-state index contributed by atoms with van der Waals surface area (Å²) in [5, 5.41) is 3.77. The largest absolute Gasteiger partial charge is 0.344 e. The fourth-order valence-corrected chi connectivity index (χ4v) is 2.38. The van der Waals surface area contributed by atoms with E-state index in [9.17, 15) is 4.79 Å². The van der Waals surface area contributed by atoms with E-state index in [1.165, 1.54) is 0 Å². The highest BCUT2D eigenvalue weighted by Crippen LogP contribution is 2.13. The monoisotopic (exact) mass is 314 g/mol. The Bertz CT molecular complexity index is 429. The minimum atomic E-state index is 0.187. The van der Waals surface area contributed by atoms with Crippen molar-refractivity contribution in [1.82, 2.24) is 20.2 Å². The van der Waals surface area contributed by atoms with Crippen molar-refractivity contribution >= 4 is 17.5 Å². The molecular weight excluding hydrogens is 288 g/mol. The minimum Gasteiger partial charge on any atom is -0.344 e. The number of imidazole rings is 1. The Labute approximate surface area is 132 Å². The second kappa shape index (κ2) is 9.79. The van der Waals surface area contributed by atoms with E-state index in [1.54, 1.807) is 0 Å². The van der Waals surface area contributed by atoms with Crippen LogP contribution in [0.4, 0.5) is 0 Å². The highest BCUT2D eigenvalue weighted by Gasteiger charge is 2.10. The summed E-state index contributed by atoms with van der Waals surface area (Å²) >= 11 is 6.10. The molecule has 0 atom stereocenters. The number of aromatic amines is 1. The van der Waals surface area contributed by atoms with Gasteiger partial charge in [0.05, 0.1) is 5.69 Å². The van der Waals surface area contributed by atoms with E-state index in [4.69, 9.17) is 11.6 Å².